The van der Waals surface area contributed by atoms with E-state index in [1.807, 2.05) is 0 Å². The zero-order valence-corrected chi connectivity index (χ0v) is 7.65. The summed E-state index contributed by atoms with van der Waals surface area (Å²) in [6.07, 6.45) is 0. The van der Waals surface area contributed by atoms with Gasteiger partial charge in [0.05, 0.1) is 0 Å². The molecule has 0 amide bonds. The van der Waals surface area contributed by atoms with Crippen molar-refractivity contribution in [2.24, 2.45) is 0 Å². The van der Waals surface area contributed by atoms with Gasteiger partial charge in [0.2, 0.25) is 0 Å². The van der Waals surface area contributed by atoms with Crippen molar-refractivity contribution in [1.82, 2.24) is 0 Å². The summed E-state index contributed by atoms with van der Waals surface area (Å²) < 4.78 is 0. The van der Waals surface area contributed by atoms with Gasteiger partial charge >= 0.3 is 0 Å². The normalized spacial score (nSPS) is 0. The van der Waals surface area contributed by atoms with Crippen LogP contribution in [0.3, 0.4) is 0 Å². The van der Waals surface area contributed by atoms with Crippen LogP contribution in [0.25, 0.3) is 0 Å². The fourth-order valence-corrected chi connectivity index (χ4v) is 0. The van der Waals surface area contributed by atoms with Crippen LogP contribution in [0.4, 0.5) is 0 Å². The minimum atomic E-state index is 0. The van der Waals surface area contributed by atoms with Crippen LogP contribution in [0.5, 0.6) is 0 Å². The van der Waals surface area contributed by atoms with Crippen LogP contribution < -0.4 is 0 Å². The first-order chi connectivity index (χ1) is 0. The van der Waals surface area contributed by atoms with E-state index in [9.17, 15) is 0 Å². The van der Waals surface area contributed by atoms with E-state index in [4.69, 9.17) is 0 Å². The Hall–Kier alpha value is 2.05. The third-order valence-electron chi connectivity index (χ3n) is 0. The summed E-state index contributed by atoms with van der Waals surface area (Å²) in [5.41, 5.74) is 0. The van der Waals surface area contributed by atoms with Crippen LogP contribution in [-0.4, -0.2) is 41.3 Å². The predicted octanol–water partition coefficient (Wildman–Crippen LogP) is -0.683. The van der Waals surface area contributed by atoms with E-state index in [1.165, 1.54) is 0 Å². The molecule has 0 aromatic carbocycles. The van der Waals surface area contributed by atoms with Crippen molar-refractivity contribution in [2.45, 2.75) is 0 Å². The van der Waals surface area contributed by atoms with Gasteiger partial charge in [0, 0.05) is 70.4 Å². The fourth-order valence-electron chi connectivity index (χ4n) is 0. The Balaban J connectivity index is 0. The molecule has 0 aromatic heterocycles. The van der Waals surface area contributed by atoms with Gasteiger partial charge < -0.3 is 0 Å². The van der Waals surface area contributed by atoms with Crippen molar-refractivity contribution in [3.8, 4) is 0 Å². The third kappa shape index (κ3) is 8.97. The first kappa shape index (κ1) is 36.8. The van der Waals surface area contributed by atoms with Crippen LogP contribution >= 0.6 is 0 Å². The summed E-state index contributed by atoms with van der Waals surface area (Å²) in [7, 11) is 0. The van der Waals surface area contributed by atoms with E-state index < -0.39 is 0 Å². The number of hydrogen-bond acceptors (Lipinski definition) is 0. The Morgan fingerprint density at radius 3 is 1.00 bits per heavy atom. The maximum absolute atomic E-state index is 0. The Kier molecular flexibility index (Phi) is 181. The van der Waals surface area contributed by atoms with Crippen LogP contribution in [0.15, 0.2) is 0 Å². The van der Waals surface area contributed by atoms with Crippen molar-refractivity contribution in [2.75, 3.05) is 0 Å². The molecule has 0 aromatic rings. The topological polar surface area (TPSA) is 0 Å². The molecule has 0 fully saturated rings. The maximum Gasteiger partial charge on any atom is 0 e. The van der Waals surface area contributed by atoms with Crippen molar-refractivity contribution in [3.05, 3.63) is 7.43 Å². The summed E-state index contributed by atoms with van der Waals surface area (Å²) in [5, 5.41) is 0. The molecule has 0 spiro atoms. The molecule has 0 aliphatic rings. The smallest absolute Gasteiger partial charge is 0 e. The number of rotatable bonds is 0. The van der Waals surface area contributed by atoms with Gasteiger partial charge in [0.1, 0.15) is 0 Å². The quantitative estimate of drug-likeness (QED) is 0.460. The summed E-state index contributed by atoms with van der Waals surface area (Å²) >= 11 is 0. The molecule has 0 saturated carbocycles. The molecule has 0 aliphatic carbocycles. The van der Waals surface area contributed by atoms with Crippen molar-refractivity contribution in [3.63, 3.8) is 0 Å². The first-order valence-corrected chi connectivity index (χ1v) is 0. The summed E-state index contributed by atoms with van der Waals surface area (Å²) in [4.78, 5) is 0. The first-order valence-electron chi connectivity index (χ1n) is 0. The molecule has 3 heteroatoms. The van der Waals surface area contributed by atoms with Gasteiger partial charge in [0.25, 0.3) is 0 Å². The van der Waals surface area contributed by atoms with E-state index in [0.29, 0.717) is 0 Å². The third-order valence-corrected chi connectivity index (χ3v) is 0. The Morgan fingerprint density at radius 1 is 1.00 bits per heavy atom. The molecule has 0 saturated heterocycles. The number of hydrogen-bond donors (Lipinski definition) is 0. The molecule has 0 rings (SSSR count). The Morgan fingerprint density at radius 2 is 1.00 bits per heavy atom. The van der Waals surface area contributed by atoms with Gasteiger partial charge in [-0.2, -0.15) is 0 Å². The average Bonchev–Trinajstić information content (AvgIpc) is 0. The molecule has 0 atom stereocenters. The Bertz CT molecular complexity index is 8.00. The largest absolute Gasteiger partial charge is 0 e. The molecule has 0 bridgehead atoms. The molecular formula is CAlSnTi. The zero-order valence-electron chi connectivity index (χ0n) is 2.08. The zero-order chi connectivity index (χ0) is 0. The van der Waals surface area contributed by atoms with E-state index >= 15 is 0 Å². The predicted molar refractivity (Wildman–Crippen MR) is 14.8 cm³/mol. The molecule has 0 N–H and O–H groups in total. The monoisotopic (exact) mass is 207 g/mol. The minimum Gasteiger partial charge on any atom is 0 e. The van der Waals surface area contributed by atoms with Gasteiger partial charge in [-0.25, -0.2) is 0 Å². The molecule has 0 aliphatic heterocycles. The Labute approximate surface area is 69.7 Å². The van der Waals surface area contributed by atoms with Crippen molar-refractivity contribution < 1.29 is 21.7 Å². The molecule has 11 radical (unpaired) electrons. The fraction of sp³-hybridized carbons (Fsp3) is 0. The second kappa shape index (κ2) is 19.7. The average molecular weight is 206 g/mol. The van der Waals surface area contributed by atoms with E-state index in [2.05, 4.69) is 0 Å². The SMILES string of the molecule is [Al].[C].[Sn].[Ti]. The summed E-state index contributed by atoms with van der Waals surface area (Å²) in [5.74, 6) is 0. The molecule has 15 valence electrons. The van der Waals surface area contributed by atoms with Crippen LogP contribution in [0, 0.1) is 7.43 Å². The molecule has 0 heterocycles. The van der Waals surface area contributed by atoms with Gasteiger partial charge in [-0.05, 0) is 0 Å². The van der Waals surface area contributed by atoms with Crippen LogP contribution in [0.2, 0.25) is 0 Å². The molecule has 0 nitrogen and oxygen atoms in total. The minimum absolute atomic E-state index is 0. The van der Waals surface area contributed by atoms with Gasteiger partial charge in [0.15, 0.2) is 0 Å². The molecule has 0 unspecified atom stereocenters. The second-order valence-electron chi connectivity index (χ2n) is 0. The van der Waals surface area contributed by atoms with Crippen LogP contribution in [-0.2, 0) is 21.7 Å². The maximum atomic E-state index is 0. The molecular weight excluding hydrogens is 206 g/mol. The summed E-state index contributed by atoms with van der Waals surface area (Å²) in [6.45, 7) is 0. The van der Waals surface area contributed by atoms with Crippen LogP contribution in [0.1, 0.15) is 0 Å². The van der Waals surface area contributed by atoms with E-state index in [0.717, 1.165) is 0 Å². The second-order valence-corrected chi connectivity index (χ2v) is 0. The van der Waals surface area contributed by atoms with Gasteiger partial charge in [-0.15, -0.1) is 0 Å². The molecule has 4 heavy (non-hydrogen) atoms. The summed E-state index contributed by atoms with van der Waals surface area (Å²) in [6, 6.07) is 0. The standard InChI is InChI=1S/C.Al.Sn.Ti. The van der Waals surface area contributed by atoms with E-state index in [-0.39, 0.29) is 70.4 Å². The van der Waals surface area contributed by atoms with Gasteiger partial charge in [-0.1, -0.05) is 0 Å². The van der Waals surface area contributed by atoms with Crippen molar-refractivity contribution in [1.29, 1.82) is 0 Å². The van der Waals surface area contributed by atoms with E-state index in [1.54, 1.807) is 0 Å². The van der Waals surface area contributed by atoms with Gasteiger partial charge in [-0.3, -0.25) is 0 Å². The van der Waals surface area contributed by atoms with Crippen molar-refractivity contribution >= 4 is 41.3 Å².